The fraction of sp³-hybridized carbons (Fsp3) is 0. The van der Waals surface area contributed by atoms with Gasteiger partial charge in [0.15, 0.2) is 0 Å². The Kier molecular flexibility index (Phi) is 7.85. The number of hydrogen-bond donors (Lipinski definition) is 0. The minimum atomic E-state index is 0.904. The van der Waals surface area contributed by atoms with Crippen LogP contribution in [-0.2, 0) is 0 Å². The van der Waals surface area contributed by atoms with E-state index in [2.05, 4.69) is 205 Å². The van der Waals surface area contributed by atoms with Crippen molar-refractivity contribution in [2.45, 2.75) is 0 Å². The van der Waals surface area contributed by atoms with Crippen LogP contribution in [0.3, 0.4) is 0 Å². The summed E-state index contributed by atoms with van der Waals surface area (Å²) >= 11 is 0. The van der Waals surface area contributed by atoms with E-state index in [0.29, 0.717) is 0 Å². The largest absolute Gasteiger partial charge is 0.456 e. The molecule has 0 fully saturated rings. The van der Waals surface area contributed by atoms with Gasteiger partial charge in [-0.3, -0.25) is 0 Å². The van der Waals surface area contributed by atoms with Crippen molar-refractivity contribution in [3.63, 3.8) is 0 Å². The molecule has 254 valence electrons. The summed E-state index contributed by atoms with van der Waals surface area (Å²) in [6.45, 7) is 0. The Bertz CT molecular complexity index is 2900. The topological polar surface area (TPSA) is 16.4 Å². The Morgan fingerprint density at radius 2 is 0.815 bits per heavy atom. The molecule has 0 saturated carbocycles. The minimum absolute atomic E-state index is 0.904. The number of para-hydroxylation sites is 1. The number of benzene rings is 9. The van der Waals surface area contributed by atoms with E-state index in [1.165, 1.54) is 44.2 Å². The number of anilines is 3. The number of furan rings is 1. The Balaban J connectivity index is 1.04. The molecule has 2 nitrogen and oxygen atoms in total. The second kappa shape index (κ2) is 13.4. The summed E-state index contributed by atoms with van der Waals surface area (Å²) in [7, 11) is 0. The first-order chi connectivity index (χ1) is 26.8. The first kappa shape index (κ1) is 31.6. The molecule has 0 radical (unpaired) electrons. The average Bonchev–Trinajstić information content (AvgIpc) is 3.63. The Morgan fingerprint density at radius 3 is 1.52 bits per heavy atom. The zero-order valence-corrected chi connectivity index (χ0v) is 29.6. The second-order valence-corrected chi connectivity index (χ2v) is 13.7. The monoisotopic (exact) mass is 689 g/mol. The van der Waals surface area contributed by atoms with Crippen molar-refractivity contribution in [3.05, 3.63) is 212 Å². The van der Waals surface area contributed by atoms with E-state index >= 15 is 0 Å². The highest BCUT2D eigenvalue weighted by Gasteiger charge is 2.17. The lowest BCUT2D eigenvalue weighted by molar-refractivity contribution is 0.669. The molecule has 10 aromatic rings. The van der Waals surface area contributed by atoms with Crippen molar-refractivity contribution >= 4 is 49.8 Å². The molecule has 0 atom stereocenters. The quantitative estimate of drug-likeness (QED) is 0.166. The molecule has 0 saturated heterocycles. The predicted molar refractivity (Wildman–Crippen MR) is 228 cm³/mol. The molecule has 2 heteroatoms. The molecule has 0 aliphatic heterocycles. The van der Waals surface area contributed by atoms with Gasteiger partial charge < -0.3 is 9.32 Å². The summed E-state index contributed by atoms with van der Waals surface area (Å²) in [5.74, 6) is 0. The lowest BCUT2D eigenvalue weighted by atomic mass is 9.91. The molecule has 1 aromatic heterocycles. The van der Waals surface area contributed by atoms with Crippen molar-refractivity contribution in [3.8, 4) is 44.5 Å². The van der Waals surface area contributed by atoms with Crippen molar-refractivity contribution in [2.75, 3.05) is 4.90 Å². The molecule has 0 N–H and O–H groups in total. The zero-order chi connectivity index (χ0) is 35.8. The van der Waals surface area contributed by atoms with E-state index in [1.807, 2.05) is 12.1 Å². The third kappa shape index (κ3) is 5.71. The molecular formula is C52H35NO. The summed E-state index contributed by atoms with van der Waals surface area (Å²) < 4.78 is 6.22. The lowest BCUT2D eigenvalue weighted by Gasteiger charge is -2.27. The van der Waals surface area contributed by atoms with Gasteiger partial charge in [-0.25, -0.2) is 0 Å². The highest BCUT2D eigenvalue weighted by molar-refractivity contribution is 6.06. The van der Waals surface area contributed by atoms with E-state index in [-0.39, 0.29) is 0 Å². The fourth-order valence-electron chi connectivity index (χ4n) is 7.79. The molecule has 9 aromatic carbocycles. The van der Waals surface area contributed by atoms with Crippen LogP contribution in [0.25, 0.3) is 77.2 Å². The Labute approximate surface area is 314 Å². The lowest BCUT2D eigenvalue weighted by Crippen LogP contribution is -2.10. The third-order valence-electron chi connectivity index (χ3n) is 10.5. The van der Waals surface area contributed by atoms with Crippen LogP contribution in [0.5, 0.6) is 0 Å². The Morgan fingerprint density at radius 1 is 0.296 bits per heavy atom. The van der Waals surface area contributed by atoms with E-state index < -0.39 is 0 Å². The van der Waals surface area contributed by atoms with Gasteiger partial charge in [-0.15, -0.1) is 0 Å². The number of fused-ring (bicyclic) bond motifs is 4. The Hall–Kier alpha value is -7.16. The summed E-state index contributed by atoms with van der Waals surface area (Å²) in [6, 6.07) is 75.9. The highest BCUT2D eigenvalue weighted by atomic mass is 16.3. The minimum Gasteiger partial charge on any atom is -0.456 e. The fourth-order valence-corrected chi connectivity index (χ4v) is 7.79. The first-order valence-electron chi connectivity index (χ1n) is 18.4. The van der Waals surface area contributed by atoms with Gasteiger partial charge in [-0.2, -0.15) is 0 Å². The van der Waals surface area contributed by atoms with Crippen LogP contribution in [0.15, 0.2) is 217 Å². The molecule has 1 heterocycles. The van der Waals surface area contributed by atoms with Gasteiger partial charge in [0.2, 0.25) is 0 Å². The standard InChI is InChI=1S/C52H35NO/c1-3-12-38(13-4-1)45-32-26-41(34-49(45)40-14-5-2-6-15-40)36-22-28-43(29-23-36)53(50-20-11-17-39-16-7-8-18-46(39)50)44-30-24-37(25-31-44)42-27-33-48-47-19-9-10-21-51(47)54-52(48)35-42/h1-35H. The van der Waals surface area contributed by atoms with Crippen molar-refractivity contribution in [2.24, 2.45) is 0 Å². The van der Waals surface area contributed by atoms with E-state index in [0.717, 1.165) is 50.1 Å². The smallest absolute Gasteiger partial charge is 0.136 e. The van der Waals surface area contributed by atoms with Crippen LogP contribution >= 0.6 is 0 Å². The number of hydrogen-bond acceptors (Lipinski definition) is 2. The molecule has 0 aliphatic carbocycles. The molecule has 0 amide bonds. The van der Waals surface area contributed by atoms with Crippen molar-refractivity contribution < 1.29 is 4.42 Å². The maximum atomic E-state index is 6.22. The van der Waals surface area contributed by atoms with E-state index in [9.17, 15) is 0 Å². The van der Waals surface area contributed by atoms with Gasteiger partial charge in [0.05, 0.1) is 5.69 Å². The zero-order valence-electron chi connectivity index (χ0n) is 29.6. The van der Waals surface area contributed by atoms with Crippen molar-refractivity contribution in [1.29, 1.82) is 0 Å². The first-order valence-corrected chi connectivity index (χ1v) is 18.4. The summed E-state index contributed by atoms with van der Waals surface area (Å²) in [5.41, 5.74) is 14.6. The summed E-state index contributed by atoms with van der Waals surface area (Å²) in [5, 5.41) is 4.69. The van der Waals surface area contributed by atoms with Gasteiger partial charge in [0.25, 0.3) is 0 Å². The highest BCUT2D eigenvalue weighted by Crippen LogP contribution is 2.42. The van der Waals surface area contributed by atoms with Crippen LogP contribution in [0.4, 0.5) is 17.1 Å². The molecular weight excluding hydrogens is 655 g/mol. The average molecular weight is 690 g/mol. The molecule has 54 heavy (non-hydrogen) atoms. The van der Waals surface area contributed by atoms with Crippen LogP contribution < -0.4 is 4.90 Å². The van der Waals surface area contributed by atoms with Crippen molar-refractivity contribution in [1.82, 2.24) is 0 Å². The van der Waals surface area contributed by atoms with Crippen LogP contribution in [0, 0.1) is 0 Å². The van der Waals surface area contributed by atoms with E-state index in [1.54, 1.807) is 0 Å². The maximum absolute atomic E-state index is 6.22. The van der Waals surface area contributed by atoms with Gasteiger partial charge >= 0.3 is 0 Å². The van der Waals surface area contributed by atoms with E-state index in [4.69, 9.17) is 4.42 Å². The van der Waals surface area contributed by atoms with Crippen LogP contribution in [0.2, 0.25) is 0 Å². The summed E-state index contributed by atoms with van der Waals surface area (Å²) in [6.07, 6.45) is 0. The predicted octanol–water partition coefficient (Wildman–Crippen LogP) is 14.9. The van der Waals surface area contributed by atoms with Gasteiger partial charge in [0, 0.05) is 27.5 Å². The maximum Gasteiger partial charge on any atom is 0.136 e. The number of nitrogens with zero attached hydrogens (tertiary/aromatic N) is 1. The molecule has 10 rings (SSSR count). The van der Waals surface area contributed by atoms with Crippen LogP contribution in [0.1, 0.15) is 0 Å². The third-order valence-corrected chi connectivity index (χ3v) is 10.5. The molecule has 0 bridgehead atoms. The van der Waals surface area contributed by atoms with Gasteiger partial charge in [-0.05, 0) is 104 Å². The van der Waals surface area contributed by atoms with Crippen LogP contribution in [-0.4, -0.2) is 0 Å². The number of rotatable bonds is 7. The van der Waals surface area contributed by atoms with Gasteiger partial charge in [0.1, 0.15) is 11.2 Å². The molecule has 0 aliphatic rings. The molecule has 0 unspecified atom stereocenters. The normalized spacial score (nSPS) is 11.3. The molecule has 0 spiro atoms. The van der Waals surface area contributed by atoms with Gasteiger partial charge in [-0.1, -0.05) is 158 Å². The summed E-state index contributed by atoms with van der Waals surface area (Å²) in [4.78, 5) is 2.37. The SMILES string of the molecule is c1ccc(-c2ccc(-c3ccc(N(c4ccc(-c5ccc6c(c5)oc5ccccc56)cc4)c4cccc5ccccc45)cc3)cc2-c2ccccc2)cc1. The second-order valence-electron chi connectivity index (χ2n) is 13.7.